The molecule has 0 saturated carbocycles. The summed E-state index contributed by atoms with van der Waals surface area (Å²) in [5.74, 6) is -0.520. The van der Waals surface area contributed by atoms with Gasteiger partial charge in [0.05, 0.1) is 0 Å². The molecule has 0 bridgehead atoms. The fourth-order valence-corrected chi connectivity index (χ4v) is 1.86. The Kier molecular flexibility index (Phi) is 6.68. The van der Waals surface area contributed by atoms with Crippen LogP contribution in [-0.2, 0) is 4.79 Å². The molecule has 0 aliphatic heterocycles. The first kappa shape index (κ1) is 17.0. The predicted octanol–water partition coefficient (Wildman–Crippen LogP) is 1.83. The van der Waals surface area contributed by atoms with E-state index in [0.717, 1.165) is 18.4 Å². The van der Waals surface area contributed by atoms with Crippen LogP contribution >= 0.6 is 0 Å². The van der Waals surface area contributed by atoms with E-state index in [0.29, 0.717) is 12.2 Å². The standard InChI is InChI=1S/C15H24N4O2/c1-3-4-9-19(10-14(17)20)15(21)18-13-7-5-12(6-8-13)11(2)16/h5-8,11H,3-4,9-10,16H2,1-2H3,(H2,17,20)(H,18,21). The summed E-state index contributed by atoms with van der Waals surface area (Å²) in [5.41, 5.74) is 12.6. The number of primary amides is 1. The van der Waals surface area contributed by atoms with Gasteiger partial charge in [-0.2, -0.15) is 0 Å². The van der Waals surface area contributed by atoms with E-state index in [-0.39, 0.29) is 18.6 Å². The predicted molar refractivity (Wildman–Crippen MR) is 83.7 cm³/mol. The number of nitrogens with two attached hydrogens (primary N) is 2. The van der Waals surface area contributed by atoms with Gasteiger partial charge in [0.25, 0.3) is 0 Å². The number of carbonyl (C=O) groups is 2. The summed E-state index contributed by atoms with van der Waals surface area (Å²) in [7, 11) is 0. The van der Waals surface area contributed by atoms with Gasteiger partial charge in [-0.25, -0.2) is 4.79 Å². The topological polar surface area (TPSA) is 101 Å². The molecule has 0 aliphatic carbocycles. The van der Waals surface area contributed by atoms with E-state index < -0.39 is 5.91 Å². The number of rotatable bonds is 7. The summed E-state index contributed by atoms with van der Waals surface area (Å²) in [6.07, 6.45) is 1.76. The van der Waals surface area contributed by atoms with Crippen molar-refractivity contribution in [1.29, 1.82) is 0 Å². The molecule has 1 atom stereocenters. The van der Waals surface area contributed by atoms with Crippen LogP contribution in [0.2, 0.25) is 0 Å². The van der Waals surface area contributed by atoms with Crippen molar-refractivity contribution in [2.45, 2.75) is 32.7 Å². The molecule has 1 aromatic rings. The van der Waals surface area contributed by atoms with Crippen molar-refractivity contribution in [2.24, 2.45) is 11.5 Å². The highest BCUT2D eigenvalue weighted by Gasteiger charge is 2.15. The summed E-state index contributed by atoms with van der Waals surface area (Å²) < 4.78 is 0. The number of unbranched alkanes of at least 4 members (excludes halogenated alkanes) is 1. The molecule has 0 radical (unpaired) electrons. The molecule has 0 fully saturated rings. The van der Waals surface area contributed by atoms with Crippen LogP contribution in [0.15, 0.2) is 24.3 Å². The maximum atomic E-state index is 12.2. The van der Waals surface area contributed by atoms with Gasteiger partial charge in [-0.3, -0.25) is 4.79 Å². The van der Waals surface area contributed by atoms with Crippen molar-refractivity contribution in [1.82, 2.24) is 4.90 Å². The van der Waals surface area contributed by atoms with Gasteiger partial charge in [-0.1, -0.05) is 25.5 Å². The van der Waals surface area contributed by atoms with Crippen LogP contribution in [-0.4, -0.2) is 29.9 Å². The number of carbonyl (C=O) groups excluding carboxylic acids is 2. The lowest BCUT2D eigenvalue weighted by atomic mass is 10.1. The first-order valence-corrected chi connectivity index (χ1v) is 7.13. The lowest BCUT2D eigenvalue weighted by molar-refractivity contribution is -0.118. The lowest BCUT2D eigenvalue weighted by Gasteiger charge is -2.21. The monoisotopic (exact) mass is 292 g/mol. The molecule has 3 amide bonds. The molecule has 0 saturated heterocycles. The van der Waals surface area contributed by atoms with Crippen molar-refractivity contribution in [3.05, 3.63) is 29.8 Å². The lowest BCUT2D eigenvalue weighted by Crippen LogP contribution is -2.41. The van der Waals surface area contributed by atoms with Gasteiger partial charge in [0, 0.05) is 18.3 Å². The van der Waals surface area contributed by atoms with Gasteiger partial charge in [-0.05, 0) is 31.0 Å². The molecule has 5 N–H and O–H groups in total. The van der Waals surface area contributed by atoms with E-state index in [1.807, 2.05) is 26.0 Å². The van der Waals surface area contributed by atoms with E-state index >= 15 is 0 Å². The van der Waals surface area contributed by atoms with E-state index in [1.54, 1.807) is 12.1 Å². The molecular weight excluding hydrogens is 268 g/mol. The third-order valence-corrected chi connectivity index (χ3v) is 3.10. The van der Waals surface area contributed by atoms with Gasteiger partial charge in [-0.15, -0.1) is 0 Å². The smallest absolute Gasteiger partial charge is 0.322 e. The minimum absolute atomic E-state index is 0.0503. The van der Waals surface area contributed by atoms with Gasteiger partial charge in [0.1, 0.15) is 6.54 Å². The number of amides is 3. The summed E-state index contributed by atoms with van der Waals surface area (Å²) in [6, 6.07) is 6.94. The average molecular weight is 292 g/mol. The van der Waals surface area contributed by atoms with Gasteiger partial charge < -0.3 is 21.7 Å². The highest BCUT2D eigenvalue weighted by molar-refractivity contribution is 5.92. The van der Waals surface area contributed by atoms with Crippen molar-refractivity contribution >= 4 is 17.6 Å². The second kappa shape index (κ2) is 8.26. The zero-order valence-corrected chi connectivity index (χ0v) is 12.6. The third-order valence-electron chi connectivity index (χ3n) is 3.10. The first-order valence-electron chi connectivity index (χ1n) is 7.13. The Bertz CT molecular complexity index is 471. The minimum atomic E-state index is -0.520. The van der Waals surface area contributed by atoms with Crippen LogP contribution in [0.4, 0.5) is 10.5 Å². The first-order chi connectivity index (χ1) is 9.93. The number of hydrogen-bond donors (Lipinski definition) is 3. The second-order valence-electron chi connectivity index (χ2n) is 5.08. The van der Waals surface area contributed by atoms with Gasteiger partial charge in [0.15, 0.2) is 0 Å². The number of benzene rings is 1. The van der Waals surface area contributed by atoms with Crippen molar-refractivity contribution < 1.29 is 9.59 Å². The number of nitrogens with zero attached hydrogens (tertiary/aromatic N) is 1. The van der Waals surface area contributed by atoms with Crippen molar-refractivity contribution in [3.8, 4) is 0 Å². The maximum absolute atomic E-state index is 12.2. The van der Waals surface area contributed by atoms with E-state index in [4.69, 9.17) is 11.5 Å². The highest BCUT2D eigenvalue weighted by Crippen LogP contribution is 2.14. The molecule has 6 heteroatoms. The Morgan fingerprint density at radius 3 is 2.38 bits per heavy atom. The van der Waals surface area contributed by atoms with Crippen LogP contribution in [0.3, 0.4) is 0 Å². The molecular formula is C15H24N4O2. The molecule has 21 heavy (non-hydrogen) atoms. The fraction of sp³-hybridized carbons (Fsp3) is 0.467. The summed E-state index contributed by atoms with van der Waals surface area (Å²) >= 11 is 0. The van der Waals surface area contributed by atoms with Gasteiger partial charge >= 0.3 is 6.03 Å². The fourth-order valence-electron chi connectivity index (χ4n) is 1.86. The highest BCUT2D eigenvalue weighted by atomic mass is 16.2. The quantitative estimate of drug-likeness (QED) is 0.714. The SMILES string of the molecule is CCCCN(CC(N)=O)C(=O)Nc1ccc(C(C)N)cc1. The van der Waals surface area contributed by atoms with Crippen molar-refractivity contribution in [2.75, 3.05) is 18.4 Å². The molecule has 0 aromatic heterocycles. The second-order valence-corrected chi connectivity index (χ2v) is 5.08. The number of urea groups is 1. The Balaban J connectivity index is 2.68. The zero-order valence-electron chi connectivity index (χ0n) is 12.6. The van der Waals surface area contributed by atoms with Crippen LogP contribution in [0, 0.1) is 0 Å². The Morgan fingerprint density at radius 2 is 1.90 bits per heavy atom. The van der Waals surface area contributed by atoms with Crippen molar-refractivity contribution in [3.63, 3.8) is 0 Å². The summed E-state index contributed by atoms with van der Waals surface area (Å²) in [5, 5.41) is 2.76. The average Bonchev–Trinajstić information content (AvgIpc) is 2.43. The normalized spacial score (nSPS) is 11.8. The molecule has 1 aromatic carbocycles. The largest absolute Gasteiger partial charge is 0.368 e. The Morgan fingerprint density at radius 1 is 1.29 bits per heavy atom. The van der Waals surface area contributed by atoms with Crippen LogP contribution < -0.4 is 16.8 Å². The number of anilines is 1. The molecule has 1 rings (SSSR count). The number of nitrogens with one attached hydrogen (secondary N) is 1. The molecule has 6 nitrogen and oxygen atoms in total. The maximum Gasteiger partial charge on any atom is 0.322 e. The Labute approximate surface area is 125 Å². The van der Waals surface area contributed by atoms with Crippen LogP contribution in [0.5, 0.6) is 0 Å². The third kappa shape index (κ3) is 5.83. The minimum Gasteiger partial charge on any atom is -0.368 e. The molecule has 1 unspecified atom stereocenters. The molecule has 0 heterocycles. The van der Waals surface area contributed by atoms with E-state index in [1.165, 1.54) is 4.90 Å². The summed E-state index contributed by atoms with van der Waals surface area (Å²) in [4.78, 5) is 24.6. The molecule has 0 spiro atoms. The Hall–Kier alpha value is -2.08. The zero-order chi connectivity index (χ0) is 15.8. The van der Waals surface area contributed by atoms with Gasteiger partial charge in [0.2, 0.25) is 5.91 Å². The van der Waals surface area contributed by atoms with Crippen LogP contribution in [0.25, 0.3) is 0 Å². The molecule has 0 aliphatic rings. The number of hydrogen-bond acceptors (Lipinski definition) is 3. The van der Waals surface area contributed by atoms with E-state index in [9.17, 15) is 9.59 Å². The van der Waals surface area contributed by atoms with E-state index in [2.05, 4.69) is 5.32 Å². The molecule has 116 valence electrons. The van der Waals surface area contributed by atoms with Crippen LogP contribution in [0.1, 0.15) is 38.3 Å². The summed E-state index contributed by atoms with van der Waals surface area (Å²) in [6.45, 7) is 4.34.